The first-order valence-corrected chi connectivity index (χ1v) is 11.3. The largest absolute Gasteiger partial charge is 0.493 e. The van der Waals surface area contributed by atoms with Crippen LogP contribution in [0.5, 0.6) is 17.2 Å². The molecule has 0 saturated heterocycles. The summed E-state index contributed by atoms with van der Waals surface area (Å²) in [4.78, 5) is 24.6. The Morgan fingerprint density at radius 3 is 2.41 bits per heavy atom. The number of rotatable bonds is 8. The summed E-state index contributed by atoms with van der Waals surface area (Å²) in [5, 5.41) is 0. The van der Waals surface area contributed by atoms with Gasteiger partial charge in [-0.2, -0.15) is 0 Å². The molecule has 0 spiro atoms. The predicted molar refractivity (Wildman–Crippen MR) is 121 cm³/mol. The molecule has 4 rings (SSSR count). The molecular formula is C26H30O6. The fourth-order valence-electron chi connectivity index (χ4n) is 4.74. The molecule has 6 nitrogen and oxygen atoms in total. The van der Waals surface area contributed by atoms with Crippen LogP contribution in [-0.2, 0) is 16.0 Å². The predicted octanol–water partition coefficient (Wildman–Crippen LogP) is 5.00. The van der Waals surface area contributed by atoms with Crippen molar-refractivity contribution >= 4 is 11.8 Å². The van der Waals surface area contributed by atoms with Gasteiger partial charge in [0.25, 0.3) is 0 Å². The molecule has 0 bridgehead atoms. The van der Waals surface area contributed by atoms with Crippen molar-refractivity contribution in [3.05, 3.63) is 41.5 Å². The zero-order valence-electron chi connectivity index (χ0n) is 18.8. The van der Waals surface area contributed by atoms with Crippen molar-refractivity contribution in [3.63, 3.8) is 0 Å². The van der Waals surface area contributed by atoms with Gasteiger partial charge in [-0.25, -0.2) is 0 Å². The van der Waals surface area contributed by atoms with Crippen molar-refractivity contribution in [3.8, 4) is 28.4 Å². The minimum atomic E-state index is -0.134. The first kappa shape index (κ1) is 22.2. The van der Waals surface area contributed by atoms with Crippen molar-refractivity contribution in [2.45, 2.75) is 44.9 Å². The van der Waals surface area contributed by atoms with Crippen molar-refractivity contribution in [2.24, 2.45) is 5.92 Å². The summed E-state index contributed by atoms with van der Waals surface area (Å²) in [7, 11) is 3.14. The van der Waals surface area contributed by atoms with Crippen LogP contribution in [0.25, 0.3) is 11.1 Å². The second kappa shape index (κ2) is 10.1. The van der Waals surface area contributed by atoms with E-state index in [1.165, 1.54) is 6.42 Å². The molecule has 0 aromatic heterocycles. The van der Waals surface area contributed by atoms with Gasteiger partial charge < -0.3 is 18.9 Å². The molecule has 2 aromatic rings. The lowest BCUT2D eigenvalue weighted by Gasteiger charge is -2.21. The number of hydrogen-bond donors (Lipinski definition) is 0. The molecule has 0 N–H and O–H groups in total. The lowest BCUT2D eigenvalue weighted by molar-refractivity contribution is -0.150. The number of ketones is 1. The van der Waals surface area contributed by atoms with Crippen LogP contribution in [-0.4, -0.2) is 39.2 Å². The molecule has 1 saturated carbocycles. The SMILES string of the molecule is COc1ccc(-c2cccc3c2CCC3=O)c(OCCOC(=O)C2CCCCC2)c1OC. The van der Waals surface area contributed by atoms with Gasteiger partial charge in [-0.15, -0.1) is 0 Å². The van der Waals surface area contributed by atoms with Gasteiger partial charge in [0.15, 0.2) is 17.3 Å². The van der Waals surface area contributed by atoms with Crippen LogP contribution >= 0.6 is 0 Å². The average molecular weight is 439 g/mol. The third kappa shape index (κ3) is 4.45. The van der Waals surface area contributed by atoms with E-state index in [2.05, 4.69) is 0 Å². The summed E-state index contributed by atoms with van der Waals surface area (Å²) in [6, 6.07) is 9.52. The molecule has 0 amide bonds. The van der Waals surface area contributed by atoms with Crippen molar-refractivity contribution in [1.82, 2.24) is 0 Å². The van der Waals surface area contributed by atoms with Crippen molar-refractivity contribution < 1.29 is 28.5 Å². The molecular weight excluding hydrogens is 408 g/mol. The first-order valence-electron chi connectivity index (χ1n) is 11.3. The second-order valence-electron chi connectivity index (χ2n) is 8.28. The number of fused-ring (bicyclic) bond motifs is 1. The van der Waals surface area contributed by atoms with Crippen LogP contribution in [0.15, 0.2) is 30.3 Å². The quantitative estimate of drug-likeness (QED) is 0.427. The fourth-order valence-corrected chi connectivity index (χ4v) is 4.74. The number of carbonyl (C=O) groups excluding carboxylic acids is 2. The van der Waals surface area contributed by atoms with E-state index in [0.717, 1.165) is 47.9 Å². The molecule has 170 valence electrons. The molecule has 2 aromatic carbocycles. The zero-order chi connectivity index (χ0) is 22.5. The van der Waals surface area contributed by atoms with E-state index in [4.69, 9.17) is 18.9 Å². The average Bonchev–Trinajstić information content (AvgIpc) is 3.22. The van der Waals surface area contributed by atoms with E-state index >= 15 is 0 Å². The Morgan fingerprint density at radius 2 is 1.66 bits per heavy atom. The van der Waals surface area contributed by atoms with Crippen LogP contribution in [0.1, 0.15) is 54.4 Å². The third-order valence-electron chi connectivity index (χ3n) is 6.38. The van der Waals surface area contributed by atoms with E-state index in [1.54, 1.807) is 14.2 Å². The second-order valence-corrected chi connectivity index (χ2v) is 8.28. The van der Waals surface area contributed by atoms with E-state index in [1.807, 2.05) is 30.3 Å². The number of esters is 1. The number of carbonyl (C=O) groups is 2. The van der Waals surface area contributed by atoms with Gasteiger partial charge in [-0.1, -0.05) is 37.5 Å². The molecule has 6 heteroatoms. The first-order chi connectivity index (χ1) is 15.6. The van der Waals surface area contributed by atoms with Gasteiger partial charge >= 0.3 is 5.97 Å². The maximum absolute atomic E-state index is 12.3. The summed E-state index contributed by atoms with van der Waals surface area (Å²) in [5.41, 5.74) is 3.57. The van der Waals surface area contributed by atoms with Crippen molar-refractivity contribution in [2.75, 3.05) is 27.4 Å². The molecule has 0 aliphatic heterocycles. The van der Waals surface area contributed by atoms with Crippen LogP contribution in [0.4, 0.5) is 0 Å². The number of benzene rings is 2. The Morgan fingerprint density at radius 1 is 0.875 bits per heavy atom. The summed E-state index contributed by atoms with van der Waals surface area (Å²) >= 11 is 0. The van der Waals surface area contributed by atoms with Gasteiger partial charge in [0.2, 0.25) is 5.75 Å². The molecule has 0 heterocycles. The zero-order valence-corrected chi connectivity index (χ0v) is 18.8. The van der Waals surface area contributed by atoms with Gasteiger partial charge in [0.05, 0.1) is 20.1 Å². The number of Topliss-reactive ketones (excluding diaryl/α,β-unsaturated/α-hetero) is 1. The molecule has 2 aliphatic carbocycles. The van der Waals surface area contributed by atoms with E-state index in [0.29, 0.717) is 30.1 Å². The minimum absolute atomic E-state index is 0.00936. The van der Waals surface area contributed by atoms with Crippen LogP contribution in [0.3, 0.4) is 0 Å². The van der Waals surface area contributed by atoms with Gasteiger partial charge in [-0.3, -0.25) is 9.59 Å². The van der Waals surface area contributed by atoms with Crippen molar-refractivity contribution in [1.29, 1.82) is 0 Å². The molecule has 2 aliphatic rings. The monoisotopic (exact) mass is 438 g/mol. The summed E-state index contributed by atoms with van der Waals surface area (Å²) < 4.78 is 22.7. The molecule has 0 radical (unpaired) electrons. The molecule has 0 unspecified atom stereocenters. The Bertz CT molecular complexity index is 990. The lowest BCUT2D eigenvalue weighted by Crippen LogP contribution is -2.22. The number of hydrogen-bond acceptors (Lipinski definition) is 6. The maximum atomic E-state index is 12.3. The Hall–Kier alpha value is -3.02. The van der Waals surface area contributed by atoms with Crippen LogP contribution < -0.4 is 14.2 Å². The minimum Gasteiger partial charge on any atom is -0.493 e. The highest BCUT2D eigenvalue weighted by Crippen LogP contribution is 2.46. The topological polar surface area (TPSA) is 71.1 Å². The Kier molecular flexibility index (Phi) is 6.98. The van der Waals surface area contributed by atoms with Gasteiger partial charge in [0.1, 0.15) is 13.2 Å². The summed E-state index contributed by atoms with van der Waals surface area (Å²) in [6.07, 6.45) is 6.41. The maximum Gasteiger partial charge on any atom is 0.309 e. The third-order valence-corrected chi connectivity index (χ3v) is 6.38. The highest BCUT2D eigenvalue weighted by Gasteiger charge is 2.26. The smallest absolute Gasteiger partial charge is 0.309 e. The van der Waals surface area contributed by atoms with Crippen LogP contribution in [0.2, 0.25) is 0 Å². The van der Waals surface area contributed by atoms with Gasteiger partial charge in [-0.05, 0) is 42.5 Å². The highest BCUT2D eigenvalue weighted by atomic mass is 16.6. The Labute approximate surface area is 188 Å². The fraction of sp³-hybridized carbons (Fsp3) is 0.462. The van der Waals surface area contributed by atoms with E-state index < -0.39 is 0 Å². The number of methoxy groups -OCH3 is 2. The van der Waals surface area contributed by atoms with Crippen LogP contribution in [0, 0.1) is 5.92 Å². The Balaban J connectivity index is 1.55. The van der Waals surface area contributed by atoms with E-state index in [-0.39, 0.29) is 30.9 Å². The normalized spacial score (nSPS) is 15.9. The molecule has 32 heavy (non-hydrogen) atoms. The van der Waals surface area contributed by atoms with Gasteiger partial charge in [0, 0.05) is 17.5 Å². The molecule has 0 atom stereocenters. The summed E-state index contributed by atoms with van der Waals surface area (Å²) in [6.45, 7) is 0.365. The number of ether oxygens (including phenoxy) is 4. The van der Waals surface area contributed by atoms with E-state index in [9.17, 15) is 9.59 Å². The lowest BCUT2D eigenvalue weighted by atomic mass is 9.89. The summed E-state index contributed by atoms with van der Waals surface area (Å²) in [5.74, 6) is 1.59. The molecule has 1 fully saturated rings. The standard InChI is InChI=1S/C26H30O6/c1-29-23-14-12-21(18-9-6-10-20-19(18)11-13-22(20)27)24(25(23)30-2)31-15-16-32-26(28)17-7-4-3-5-8-17/h6,9-10,12,14,17H,3-5,7-8,11,13,15-16H2,1-2H3. The highest BCUT2D eigenvalue weighted by molar-refractivity contribution is 6.02.